The number of rotatable bonds is 34. The molecule has 4 aliphatic heterocycles. The quantitative estimate of drug-likeness (QED) is 0.0421. The summed E-state index contributed by atoms with van der Waals surface area (Å²) in [6.45, 7) is 89.7. The number of aryl methyl sites for hydroxylation is 1. The Morgan fingerprint density at radius 2 is 1.04 bits per heavy atom. The van der Waals surface area contributed by atoms with Crippen LogP contribution in [-0.2, 0) is 63.9 Å². The van der Waals surface area contributed by atoms with Gasteiger partial charge in [0.15, 0.2) is 5.89 Å². The molecule has 0 amide bonds. The fourth-order valence-corrected chi connectivity index (χ4v) is 15.0. The molecule has 0 atom stereocenters. The number of ether oxygens (including phenoxy) is 2. The molecule has 5 fully saturated rings. The van der Waals surface area contributed by atoms with Crippen LogP contribution in [0.3, 0.4) is 0 Å². The van der Waals surface area contributed by atoms with E-state index in [0.29, 0.717) is 112 Å². The Balaban J connectivity index is -0.000000688. The van der Waals surface area contributed by atoms with E-state index in [9.17, 15) is 28.8 Å². The summed E-state index contributed by atoms with van der Waals surface area (Å²) in [6.07, 6.45) is 41.8. The SMILES string of the molecule is CC(=O)CC(C)C.CC(C)C(C)(C)C.CC(C)CC(=O)C(C)(C)C.CC(C)CC(=O)C1(C)CCC1.CC(C)CC(=O)C1CC1.CC(C)CC(=O)CN1CCCC1.CC(C)CC1=NC=CC1.CC(C)CC1=NN=CC1.CC(C)CC1CC1.CC(C)Cc1ncco1.CC(C)Cc1nccs1.CC(C)Cc1nnco1.CCCC(=O)CC(C)C.COC1(C(C)C)COC1.Cc1cnc(CC(C)C)s1. The second kappa shape index (κ2) is 77.9. The second-order valence-electron chi connectivity index (χ2n) is 47.0. The Hall–Kier alpha value is -5.74. The number of oxazole rings is 1. The van der Waals surface area contributed by atoms with Crippen LogP contribution < -0.4 is 0 Å². The van der Waals surface area contributed by atoms with E-state index in [2.05, 4.69) is 280 Å². The molecule has 0 aromatic carbocycles. The van der Waals surface area contributed by atoms with Crippen LogP contribution in [0.25, 0.3) is 0 Å². The summed E-state index contributed by atoms with van der Waals surface area (Å²) in [7, 11) is 1.75. The van der Waals surface area contributed by atoms with Crippen molar-refractivity contribution < 1.29 is 47.1 Å². The third-order valence-electron chi connectivity index (χ3n) is 22.3. The molecule has 0 spiro atoms. The zero-order valence-electron chi connectivity index (χ0n) is 95.4. The first-order valence-corrected chi connectivity index (χ1v) is 54.5. The molecule has 11 rings (SSSR count). The minimum absolute atomic E-state index is 0.0417. The molecule has 21 heteroatoms. The zero-order valence-corrected chi connectivity index (χ0v) is 97.0. The molecule has 3 aliphatic carbocycles. The van der Waals surface area contributed by atoms with Gasteiger partial charge in [0, 0.05) is 154 Å². The van der Waals surface area contributed by atoms with Gasteiger partial charge in [-0.1, -0.05) is 288 Å². The van der Waals surface area contributed by atoms with Gasteiger partial charge in [0.05, 0.1) is 36.0 Å². The average molecular weight is 1940 g/mol. The average Bonchev–Trinajstić information content (AvgIpc) is 1.07. The lowest BCUT2D eigenvalue weighted by Crippen LogP contribution is -2.55. The standard InChI is InChI=1S/C10H19NO.C10H18O.C9H18O.C8H13NS.C8H13N.C8H14O.C8H16O.C7H12N2.C7H11NO.C7H11NS.C7H14O2.C7H14.C7H16.C6H10N2O.C6H12O/c1-9(2)7-10(12)8-11-5-3-4-6-11;1-8(2)7-9(11)10(3)5-4-6-10;1-7(2)6-8(10)9(3,4)5;1-6(2)4-8-9-5-7(3)10-8;1-7(2)6-8-4-3-5-9-8;1-6(2)5-8(9)7-3-4-7;1-4-5-8(9)6-7(2)3;1-6(2)5-7-3-4-8-9-7;2*1-6(2)5-7-8-3-4-9-7;1-6(2)7(8-3)4-9-5-7;1-6(2)5-7-3-4-7;1-6(2)7(3,4)5;1-5(2)3-6-8-7-4-9-6;1-5(2)4-6(3)7/h9H,3-8H2,1-2H3;8H,4-7H2,1-3H3;7H,6H2,1-5H3;5-6H,4H2,1-3H3;3,5,7H,4,6H2,1-2H3;6-7H,3-5H2,1-2H3;7H,4-6H2,1-3H3;4,6H,3,5H2,1-2H3;2*3-4,6H,5H2,1-2H3;6H,4-5H2,1-3H3;6-7H,3-5H2,1-2H3;6H,1-5H3;4-5H,3H2,1-2H3;5H,4H2,1-3H3. The third-order valence-corrected chi connectivity index (χ3v) is 24.0. The van der Waals surface area contributed by atoms with Gasteiger partial charge in [-0.25, -0.2) is 15.0 Å². The van der Waals surface area contributed by atoms with E-state index in [1.165, 1.54) is 71.2 Å². The molecule has 8 heterocycles. The van der Waals surface area contributed by atoms with Gasteiger partial charge in [-0.05, 0) is 191 Å². The lowest BCUT2D eigenvalue weighted by Gasteiger charge is -2.43. The van der Waals surface area contributed by atoms with E-state index in [1.807, 2.05) is 71.7 Å². The van der Waals surface area contributed by atoms with Gasteiger partial charge in [-0.15, -0.1) is 32.9 Å². The number of thiazole rings is 2. The molecule has 3 saturated carbocycles. The number of nitrogens with zero attached hydrogens (tertiary/aromatic N) is 9. The van der Waals surface area contributed by atoms with Crippen molar-refractivity contribution in [2.24, 2.45) is 132 Å². The number of carbonyl (C=O) groups is 6. The van der Waals surface area contributed by atoms with Crippen LogP contribution in [0.5, 0.6) is 0 Å². The Bertz CT molecular complexity index is 3570. The maximum absolute atomic E-state index is 11.6. The molecule has 0 radical (unpaired) electrons. The van der Waals surface area contributed by atoms with E-state index in [0.717, 1.165) is 196 Å². The molecule has 4 aromatic heterocycles. The number of hydrogen-bond acceptors (Lipinski definition) is 21. The molecule has 136 heavy (non-hydrogen) atoms. The first-order chi connectivity index (χ1) is 63.1. The van der Waals surface area contributed by atoms with Gasteiger partial charge >= 0.3 is 0 Å². The number of methoxy groups -OCH3 is 1. The number of aromatic nitrogens is 5. The Kier molecular flexibility index (Phi) is 78.2. The van der Waals surface area contributed by atoms with Gasteiger partial charge in [0.2, 0.25) is 12.3 Å². The number of Topliss-reactive ketones (excluding diaryl/α,β-unsaturated/α-hetero) is 6. The van der Waals surface area contributed by atoms with E-state index in [-0.39, 0.29) is 22.2 Å². The van der Waals surface area contributed by atoms with Crippen LogP contribution >= 0.6 is 22.7 Å². The highest BCUT2D eigenvalue weighted by Crippen LogP contribution is 2.42. The minimum atomic E-state index is -0.149. The van der Waals surface area contributed by atoms with Gasteiger partial charge in [-0.2, -0.15) is 10.2 Å². The largest absolute Gasteiger partial charge is 0.449 e. The van der Waals surface area contributed by atoms with Crippen LogP contribution in [-0.4, -0.2) is 128 Å². The van der Waals surface area contributed by atoms with Crippen LogP contribution in [0.1, 0.15) is 438 Å². The molecule has 4 aromatic rings. The van der Waals surface area contributed by atoms with Gasteiger partial charge in [-0.3, -0.25) is 33.9 Å². The van der Waals surface area contributed by atoms with Crippen molar-refractivity contribution in [2.75, 3.05) is 40.0 Å². The summed E-state index contributed by atoms with van der Waals surface area (Å²) < 4.78 is 20.3. The van der Waals surface area contributed by atoms with Crippen LogP contribution in [0, 0.1) is 124 Å². The lowest BCUT2D eigenvalue weighted by atomic mass is 9.66. The minimum Gasteiger partial charge on any atom is -0.449 e. The smallest absolute Gasteiger partial charge is 0.216 e. The highest BCUT2D eigenvalue weighted by molar-refractivity contribution is 7.11. The molecule has 2 saturated heterocycles. The zero-order chi connectivity index (χ0) is 105. The molecule has 7 aliphatic rings. The molecule has 788 valence electrons. The second-order valence-corrected chi connectivity index (χ2v) is 49.2. The summed E-state index contributed by atoms with van der Waals surface area (Å²) in [5.74, 6) is 15.2. The maximum atomic E-state index is 11.6. The summed E-state index contributed by atoms with van der Waals surface area (Å²) in [5, 5.41) is 19.6. The van der Waals surface area contributed by atoms with Crippen molar-refractivity contribution >= 4 is 75.0 Å². The van der Waals surface area contributed by atoms with Crippen molar-refractivity contribution in [2.45, 2.75) is 449 Å². The molecular formula is C115H211N9O10S2. The first kappa shape index (κ1) is 137. The summed E-state index contributed by atoms with van der Waals surface area (Å²) >= 11 is 3.55. The monoisotopic (exact) mass is 1940 g/mol. The fourth-order valence-electron chi connectivity index (χ4n) is 13.2. The molecule has 0 unspecified atom stereocenters. The predicted molar refractivity (Wildman–Crippen MR) is 584 cm³/mol. The van der Waals surface area contributed by atoms with Crippen molar-refractivity contribution in [3.63, 3.8) is 0 Å². The Morgan fingerprint density at radius 3 is 1.35 bits per heavy atom. The number of aliphatic imine (C=N–C) groups is 1. The van der Waals surface area contributed by atoms with Crippen LogP contribution in [0.15, 0.2) is 72.9 Å². The van der Waals surface area contributed by atoms with Crippen molar-refractivity contribution in [3.8, 4) is 0 Å². The van der Waals surface area contributed by atoms with Crippen molar-refractivity contribution in [1.29, 1.82) is 0 Å². The molecule has 19 nitrogen and oxygen atoms in total. The van der Waals surface area contributed by atoms with E-state index in [4.69, 9.17) is 18.3 Å². The topological polar surface area (TPSA) is 252 Å². The third kappa shape index (κ3) is 84.0. The highest BCUT2D eigenvalue weighted by Gasteiger charge is 2.42. The number of likely N-dealkylation sites (tertiary alicyclic amines) is 1. The van der Waals surface area contributed by atoms with E-state index < -0.39 is 0 Å². The summed E-state index contributed by atoms with van der Waals surface area (Å²) in [4.78, 5) is 86.6. The van der Waals surface area contributed by atoms with E-state index >= 15 is 0 Å². The Morgan fingerprint density at radius 1 is 0.544 bits per heavy atom. The van der Waals surface area contributed by atoms with Gasteiger partial charge in [0.25, 0.3) is 0 Å². The number of allylic oxidation sites excluding steroid dienone is 1. The van der Waals surface area contributed by atoms with Crippen molar-refractivity contribution in [3.05, 3.63) is 75.6 Å². The maximum Gasteiger partial charge on any atom is 0.216 e. The van der Waals surface area contributed by atoms with E-state index in [1.54, 1.807) is 49.2 Å². The van der Waals surface area contributed by atoms with Crippen LogP contribution in [0.4, 0.5) is 0 Å². The highest BCUT2D eigenvalue weighted by atomic mass is 32.1. The van der Waals surface area contributed by atoms with Crippen molar-refractivity contribution in [1.82, 2.24) is 30.0 Å². The Labute approximate surface area is 843 Å². The summed E-state index contributed by atoms with van der Waals surface area (Å²) in [5.41, 5.74) is 3.03. The number of carbonyl (C=O) groups excluding carboxylic acids is 6. The number of ketones is 6. The first-order valence-electron chi connectivity index (χ1n) is 52.8. The molecular weight excluding hydrogens is 1730 g/mol. The van der Waals surface area contributed by atoms with Crippen LogP contribution in [0.2, 0.25) is 0 Å². The predicted octanol–water partition coefficient (Wildman–Crippen LogP) is 31.7. The fraction of sp³-hybridized carbons (Fsp3) is 0.809. The van der Waals surface area contributed by atoms with Gasteiger partial charge < -0.3 is 23.1 Å². The number of hydrogen-bond donors (Lipinski definition) is 0. The molecule has 0 bridgehead atoms. The molecule has 0 N–H and O–H groups in total. The lowest BCUT2D eigenvalue weighted by molar-refractivity contribution is -0.217. The summed E-state index contributed by atoms with van der Waals surface area (Å²) in [6, 6.07) is 0. The normalized spacial score (nSPS) is 15.2. The van der Waals surface area contributed by atoms with Gasteiger partial charge in [0.1, 0.15) is 46.6 Å².